The summed E-state index contributed by atoms with van der Waals surface area (Å²) in [4.78, 5) is 8.69. The molecular formula is C19H21N7. The molecule has 0 aliphatic carbocycles. The number of benzene rings is 1. The van der Waals surface area contributed by atoms with Gasteiger partial charge in [-0.25, -0.2) is 9.67 Å². The van der Waals surface area contributed by atoms with Crippen molar-refractivity contribution in [2.75, 3.05) is 5.32 Å². The van der Waals surface area contributed by atoms with Crippen molar-refractivity contribution in [3.8, 4) is 5.69 Å². The van der Waals surface area contributed by atoms with E-state index in [0.29, 0.717) is 5.78 Å². The van der Waals surface area contributed by atoms with E-state index in [1.165, 1.54) is 17.5 Å². The Bertz CT molecular complexity index is 1090. The van der Waals surface area contributed by atoms with Gasteiger partial charge in [0, 0.05) is 11.8 Å². The first-order valence-electron chi connectivity index (χ1n) is 8.65. The average Bonchev–Trinajstić information content (AvgIpc) is 3.24. The summed E-state index contributed by atoms with van der Waals surface area (Å²) in [5, 5.41) is 12.3. The zero-order valence-corrected chi connectivity index (χ0v) is 15.4. The molecule has 0 amide bonds. The van der Waals surface area contributed by atoms with Crippen LogP contribution in [-0.4, -0.2) is 29.4 Å². The van der Waals surface area contributed by atoms with Gasteiger partial charge >= 0.3 is 0 Å². The van der Waals surface area contributed by atoms with Crippen LogP contribution in [0.15, 0.2) is 36.8 Å². The van der Waals surface area contributed by atoms with Gasteiger partial charge in [0.15, 0.2) is 0 Å². The number of rotatable bonds is 4. The maximum atomic E-state index is 4.59. The van der Waals surface area contributed by atoms with Crippen molar-refractivity contribution >= 4 is 17.3 Å². The Morgan fingerprint density at radius 1 is 1.08 bits per heavy atom. The van der Waals surface area contributed by atoms with E-state index < -0.39 is 0 Å². The minimum absolute atomic E-state index is 0.589. The second kappa shape index (κ2) is 6.25. The van der Waals surface area contributed by atoms with E-state index in [9.17, 15) is 0 Å². The highest BCUT2D eigenvalue weighted by Crippen LogP contribution is 2.25. The zero-order chi connectivity index (χ0) is 18.3. The predicted octanol–water partition coefficient (Wildman–Crippen LogP) is 3.54. The summed E-state index contributed by atoms with van der Waals surface area (Å²) in [5.41, 5.74) is 6.40. The molecule has 0 bridgehead atoms. The van der Waals surface area contributed by atoms with Gasteiger partial charge in [-0.3, -0.25) is 0 Å². The second-order valence-electron chi connectivity index (χ2n) is 6.43. The van der Waals surface area contributed by atoms with Crippen LogP contribution in [0.4, 0.5) is 11.5 Å². The Morgan fingerprint density at radius 3 is 2.73 bits per heavy atom. The standard InChI is InChI=1S/C19H21N7/c1-5-15-9-18(26-19(23-15)20-11-22-26)24-16-10-21-25(14(16)4)17-8-12(2)6-7-13(17)3/h6-11,24H,5H2,1-4H3. The molecule has 0 fully saturated rings. The molecule has 3 aromatic heterocycles. The molecule has 0 aliphatic rings. The molecule has 26 heavy (non-hydrogen) atoms. The smallest absolute Gasteiger partial charge is 0.254 e. The topological polar surface area (TPSA) is 72.9 Å². The van der Waals surface area contributed by atoms with E-state index in [1.807, 2.05) is 16.9 Å². The maximum absolute atomic E-state index is 4.59. The Morgan fingerprint density at radius 2 is 1.92 bits per heavy atom. The fraction of sp³-hybridized carbons (Fsp3) is 0.263. The lowest BCUT2D eigenvalue weighted by Crippen LogP contribution is -2.05. The second-order valence-corrected chi connectivity index (χ2v) is 6.43. The van der Waals surface area contributed by atoms with E-state index in [0.717, 1.165) is 35.0 Å². The van der Waals surface area contributed by atoms with Crippen molar-refractivity contribution in [1.29, 1.82) is 0 Å². The van der Waals surface area contributed by atoms with E-state index in [2.05, 4.69) is 71.4 Å². The first-order valence-corrected chi connectivity index (χ1v) is 8.65. The molecule has 7 heteroatoms. The number of hydrogen-bond donors (Lipinski definition) is 1. The molecule has 132 valence electrons. The van der Waals surface area contributed by atoms with E-state index in [-0.39, 0.29) is 0 Å². The van der Waals surface area contributed by atoms with Gasteiger partial charge in [0.2, 0.25) is 0 Å². The Kier molecular flexibility index (Phi) is 3.91. The molecule has 0 spiro atoms. The molecule has 1 N–H and O–H groups in total. The van der Waals surface area contributed by atoms with Crippen molar-refractivity contribution in [2.45, 2.75) is 34.1 Å². The lowest BCUT2D eigenvalue weighted by atomic mass is 10.1. The van der Waals surface area contributed by atoms with Crippen molar-refractivity contribution in [1.82, 2.24) is 29.4 Å². The van der Waals surface area contributed by atoms with Crippen LogP contribution in [-0.2, 0) is 6.42 Å². The van der Waals surface area contributed by atoms with Gasteiger partial charge in [0.1, 0.15) is 12.1 Å². The van der Waals surface area contributed by atoms with Crippen LogP contribution in [0.5, 0.6) is 0 Å². The fourth-order valence-electron chi connectivity index (χ4n) is 2.99. The first kappa shape index (κ1) is 16.3. The lowest BCUT2D eigenvalue weighted by Gasteiger charge is -2.11. The highest BCUT2D eigenvalue weighted by atomic mass is 15.4. The molecule has 3 heterocycles. The lowest BCUT2D eigenvalue weighted by molar-refractivity contribution is 0.839. The third kappa shape index (κ3) is 2.71. The minimum atomic E-state index is 0.589. The van der Waals surface area contributed by atoms with Gasteiger partial charge in [-0.15, -0.1) is 0 Å². The molecule has 4 aromatic rings. The Hall–Kier alpha value is -3.22. The number of aryl methyl sites for hydroxylation is 3. The van der Waals surface area contributed by atoms with E-state index >= 15 is 0 Å². The van der Waals surface area contributed by atoms with Crippen molar-refractivity contribution in [3.05, 3.63) is 59.3 Å². The third-order valence-electron chi connectivity index (χ3n) is 4.53. The molecular weight excluding hydrogens is 326 g/mol. The van der Waals surface area contributed by atoms with Crippen LogP contribution in [0, 0.1) is 20.8 Å². The molecule has 4 rings (SSSR count). The molecule has 7 nitrogen and oxygen atoms in total. The fourth-order valence-corrected chi connectivity index (χ4v) is 2.99. The van der Waals surface area contributed by atoms with Crippen LogP contribution >= 0.6 is 0 Å². The number of aromatic nitrogens is 6. The number of anilines is 2. The van der Waals surface area contributed by atoms with Crippen molar-refractivity contribution in [2.24, 2.45) is 0 Å². The summed E-state index contributed by atoms with van der Waals surface area (Å²) in [6.45, 7) is 8.31. The summed E-state index contributed by atoms with van der Waals surface area (Å²) in [7, 11) is 0. The normalized spacial score (nSPS) is 11.2. The van der Waals surface area contributed by atoms with Gasteiger partial charge in [0.05, 0.1) is 23.3 Å². The largest absolute Gasteiger partial charge is 0.337 e. The maximum Gasteiger partial charge on any atom is 0.254 e. The molecule has 0 unspecified atom stereocenters. The zero-order valence-electron chi connectivity index (χ0n) is 15.4. The number of fused-ring (bicyclic) bond motifs is 1. The van der Waals surface area contributed by atoms with Gasteiger partial charge in [0.25, 0.3) is 5.78 Å². The van der Waals surface area contributed by atoms with Crippen LogP contribution in [0.25, 0.3) is 11.5 Å². The van der Waals surface area contributed by atoms with Crippen LogP contribution < -0.4 is 5.32 Å². The summed E-state index contributed by atoms with van der Waals surface area (Å²) >= 11 is 0. The quantitative estimate of drug-likeness (QED) is 0.611. The van der Waals surface area contributed by atoms with Gasteiger partial charge < -0.3 is 5.32 Å². The molecule has 0 radical (unpaired) electrons. The van der Waals surface area contributed by atoms with E-state index in [1.54, 1.807) is 4.52 Å². The Labute approximate surface area is 151 Å². The van der Waals surface area contributed by atoms with Gasteiger partial charge in [-0.1, -0.05) is 19.1 Å². The molecule has 0 atom stereocenters. The summed E-state index contributed by atoms with van der Waals surface area (Å²) in [5.74, 6) is 1.42. The summed E-state index contributed by atoms with van der Waals surface area (Å²) < 4.78 is 3.67. The first-order chi connectivity index (χ1) is 12.6. The van der Waals surface area contributed by atoms with Gasteiger partial charge in [-0.2, -0.15) is 19.7 Å². The van der Waals surface area contributed by atoms with Crippen LogP contribution in [0.3, 0.4) is 0 Å². The highest BCUT2D eigenvalue weighted by Gasteiger charge is 2.13. The summed E-state index contributed by atoms with van der Waals surface area (Å²) in [6.07, 6.45) is 4.18. The number of nitrogens with zero attached hydrogens (tertiary/aromatic N) is 6. The van der Waals surface area contributed by atoms with Crippen molar-refractivity contribution in [3.63, 3.8) is 0 Å². The van der Waals surface area contributed by atoms with Gasteiger partial charge in [-0.05, 0) is 44.4 Å². The minimum Gasteiger partial charge on any atom is -0.337 e. The van der Waals surface area contributed by atoms with Crippen LogP contribution in [0.2, 0.25) is 0 Å². The van der Waals surface area contributed by atoms with E-state index in [4.69, 9.17) is 0 Å². The Balaban J connectivity index is 1.76. The predicted molar refractivity (Wildman–Crippen MR) is 101 cm³/mol. The van der Waals surface area contributed by atoms with Crippen LogP contribution in [0.1, 0.15) is 29.4 Å². The molecule has 0 aliphatic heterocycles. The SMILES string of the molecule is CCc1cc(Nc2cnn(-c3cc(C)ccc3C)c2C)n2ncnc2n1. The monoisotopic (exact) mass is 347 g/mol. The third-order valence-corrected chi connectivity index (χ3v) is 4.53. The molecule has 0 saturated carbocycles. The highest BCUT2D eigenvalue weighted by molar-refractivity contribution is 5.61. The summed E-state index contributed by atoms with van der Waals surface area (Å²) in [6, 6.07) is 8.38. The molecule has 0 saturated heterocycles. The van der Waals surface area contributed by atoms with Crippen molar-refractivity contribution < 1.29 is 0 Å². The number of hydrogen-bond acceptors (Lipinski definition) is 5. The number of nitrogens with one attached hydrogen (secondary N) is 1. The average molecular weight is 347 g/mol. The molecule has 1 aromatic carbocycles.